The molecular formula is C16H23N5O3S. The molecule has 25 heavy (non-hydrogen) atoms. The molecule has 0 radical (unpaired) electrons. The van der Waals surface area contributed by atoms with Gasteiger partial charge in [-0.1, -0.05) is 5.16 Å². The number of hydrogen-bond donors (Lipinski definition) is 1. The van der Waals surface area contributed by atoms with Crippen LogP contribution in [0.15, 0.2) is 16.8 Å². The lowest BCUT2D eigenvalue weighted by Crippen LogP contribution is -2.43. The maximum Gasteiger partial charge on any atom is 0.214 e. The Labute approximate surface area is 147 Å². The van der Waals surface area contributed by atoms with Gasteiger partial charge in [-0.3, -0.25) is 9.58 Å². The number of aromatic nitrogens is 3. The minimum atomic E-state index is -3.19. The highest BCUT2D eigenvalue weighted by molar-refractivity contribution is 7.90. The number of rotatable bonds is 6. The summed E-state index contributed by atoms with van der Waals surface area (Å²) in [7, 11) is -3.19. The fourth-order valence-electron chi connectivity index (χ4n) is 3.40. The summed E-state index contributed by atoms with van der Waals surface area (Å²) >= 11 is 0. The Bertz CT molecular complexity index is 849. The van der Waals surface area contributed by atoms with Crippen LogP contribution in [0.4, 0.5) is 0 Å². The third-order valence-corrected chi connectivity index (χ3v) is 6.92. The summed E-state index contributed by atoms with van der Waals surface area (Å²) in [5.74, 6) is 0.836. The second-order valence-electron chi connectivity index (χ2n) is 6.99. The zero-order valence-corrected chi connectivity index (χ0v) is 15.3. The maximum absolute atomic E-state index is 12.1. The molecular weight excluding hydrogens is 342 g/mol. The monoisotopic (exact) mass is 365 g/mol. The fourth-order valence-corrected chi connectivity index (χ4v) is 4.81. The van der Waals surface area contributed by atoms with Crippen molar-refractivity contribution in [3.8, 4) is 0 Å². The Kier molecular flexibility index (Phi) is 4.17. The van der Waals surface area contributed by atoms with Crippen LogP contribution in [-0.2, 0) is 23.1 Å². The predicted molar refractivity (Wildman–Crippen MR) is 91.3 cm³/mol. The number of fused-ring (bicyclic) bond motifs is 1. The van der Waals surface area contributed by atoms with Gasteiger partial charge < -0.3 is 4.52 Å². The Morgan fingerprint density at radius 2 is 2.16 bits per heavy atom. The van der Waals surface area contributed by atoms with Crippen molar-refractivity contribution in [2.75, 3.05) is 13.1 Å². The predicted octanol–water partition coefficient (Wildman–Crippen LogP) is 1.13. The first-order chi connectivity index (χ1) is 11.9. The average molecular weight is 365 g/mol. The lowest BCUT2D eigenvalue weighted by atomic mass is 10.1. The van der Waals surface area contributed by atoms with Gasteiger partial charge in [0.05, 0.1) is 22.7 Å². The quantitative estimate of drug-likeness (QED) is 0.825. The van der Waals surface area contributed by atoms with Crippen molar-refractivity contribution in [2.24, 2.45) is 0 Å². The first kappa shape index (κ1) is 16.7. The highest BCUT2D eigenvalue weighted by Crippen LogP contribution is 2.28. The third-order valence-electron chi connectivity index (χ3n) is 5.00. The summed E-state index contributed by atoms with van der Waals surface area (Å²) in [6, 6.07) is 1.97. The van der Waals surface area contributed by atoms with E-state index in [9.17, 15) is 8.42 Å². The largest absolute Gasteiger partial charge is 0.361 e. The van der Waals surface area contributed by atoms with Crippen molar-refractivity contribution >= 4 is 10.0 Å². The van der Waals surface area contributed by atoms with E-state index in [0.29, 0.717) is 6.54 Å². The van der Waals surface area contributed by atoms with E-state index >= 15 is 0 Å². The van der Waals surface area contributed by atoms with Crippen LogP contribution in [0.25, 0.3) is 0 Å². The first-order valence-electron chi connectivity index (χ1n) is 8.59. The van der Waals surface area contributed by atoms with Gasteiger partial charge in [-0.05, 0) is 32.8 Å². The second-order valence-corrected chi connectivity index (χ2v) is 9.03. The van der Waals surface area contributed by atoms with Gasteiger partial charge in [0.15, 0.2) is 0 Å². The molecule has 1 aliphatic heterocycles. The van der Waals surface area contributed by atoms with Crippen LogP contribution in [0.2, 0.25) is 0 Å². The minimum absolute atomic E-state index is 0.0206. The number of hydrogen-bond acceptors (Lipinski definition) is 6. The van der Waals surface area contributed by atoms with Gasteiger partial charge in [0.1, 0.15) is 5.76 Å². The number of sulfonamides is 1. The lowest BCUT2D eigenvalue weighted by Gasteiger charge is -2.34. The van der Waals surface area contributed by atoms with Crippen molar-refractivity contribution < 1.29 is 12.9 Å². The van der Waals surface area contributed by atoms with Crippen molar-refractivity contribution in [3.05, 3.63) is 35.0 Å². The molecule has 0 spiro atoms. The molecule has 136 valence electrons. The van der Waals surface area contributed by atoms with Crippen molar-refractivity contribution in [2.45, 2.75) is 51.1 Å². The highest BCUT2D eigenvalue weighted by Gasteiger charge is 2.36. The summed E-state index contributed by atoms with van der Waals surface area (Å²) in [5, 5.41) is 8.21. The minimum Gasteiger partial charge on any atom is -0.361 e. The normalized spacial score (nSPS) is 21.4. The van der Waals surface area contributed by atoms with E-state index in [1.807, 2.05) is 24.6 Å². The Hall–Kier alpha value is -1.71. The molecule has 2 aromatic heterocycles. The molecule has 0 bridgehead atoms. The SMILES string of the molecule is Cc1noc(C)c1CN1Cc2ccnn2C(CNS(=O)(=O)C2CC2)C1. The van der Waals surface area contributed by atoms with Crippen LogP contribution in [0, 0.1) is 13.8 Å². The maximum atomic E-state index is 12.1. The van der Waals surface area contributed by atoms with Gasteiger partial charge in [0.2, 0.25) is 10.0 Å². The van der Waals surface area contributed by atoms with Crippen molar-refractivity contribution in [1.82, 2.24) is 24.6 Å². The molecule has 1 atom stereocenters. The molecule has 9 heteroatoms. The van der Waals surface area contributed by atoms with Gasteiger partial charge in [0.25, 0.3) is 0 Å². The Morgan fingerprint density at radius 3 is 2.84 bits per heavy atom. The van der Waals surface area contributed by atoms with Crippen molar-refractivity contribution in [3.63, 3.8) is 0 Å². The van der Waals surface area contributed by atoms with E-state index < -0.39 is 10.0 Å². The summed E-state index contributed by atoms with van der Waals surface area (Å²) < 4.78 is 34.3. The van der Waals surface area contributed by atoms with E-state index in [2.05, 4.69) is 19.9 Å². The van der Waals surface area contributed by atoms with Crippen LogP contribution < -0.4 is 4.72 Å². The number of aryl methyl sites for hydroxylation is 2. The zero-order valence-electron chi connectivity index (χ0n) is 14.5. The van der Waals surface area contributed by atoms with Crippen LogP contribution in [0.3, 0.4) is 0 Å². The summed E-state index contributed by atoms with van der Waals surface area (Å²) in [6.07, 6.45) is 3.31. The molecule has 0 aromatic carbocycles. The summed E-state index contributed by atoms with van der Waals surface area (Å²) in [4.78, 5) is 2.29. The average Bonchev–Trinajstić information content (AvgIpc) is 3.27. The van der Waals surface area contributed by atoms with Crippen molar-refractivity contribution in [1.29, 1.82) is 0 Å². The zero-order chi connectivity index (χ0) is 17.6. The van der Waals surface area contributed by atoms with Gasteiger partial charge >= 0.3 is 0 Å². The topological polar surface area (TPSA) is 93.3 Å². The van der Waals surface area contributed by atoms with Gasteiger partial charge in [-0.2, -0.15) is 5.10 Å². The standard InChI is InChI=1S/C16H23N5O3S/c1-11-16(12(2)24-19-11)10-20-8-13-5-6-17-21(13)14(9-20)7-18-25(22,23)15-3-4-15/h5-6,14-15,18H,3-4,7-10H2,1-2H3. The molecule has 1 N–H and O–H groups in total. The van der Waals surface area contributed by atoms with Crippen LogP contribution in [-0.4, -0.2) is 46.6 Å². The first-order valence-corrected chi connectivity index (χ1v) is 10.1. The van der Waals surface area contributed by atoms with E-state index in [1.165, 1.54) is 0 Å². The molecule has 0 amide bonds. The van der Waals surface area contributed by atoms with Crippen LogP contribution in [0.1, 0.15) is 41.6 Å². The molecule has 1 fully saturated rings. The van der Waals surface area contributed by atoms with E-state index in [0.717, 1.165) is 55.2 Å². The Balaban J connectivity index is 1.49. The smallest absolute Gasteiger partial charge is 0.214 e. The van der Waals surface area contributed by atoms with Gasteiger partial charge in [-0.25, -0.2) is 13.1 Å². The van der Waals surface area contributed by atoms with Gasteiger partial charge in [-0.15, -0.1) is 0 Å². The highest BCUT2D eigenvalue weighted by atomic mass is 32.2. The lowest BCUT2D eigenvalue weighted by molar-refractivity contribution is 0.167. The molecule has 1 unspecified atom stereocenters. The Morgan fingerprint density at radius 1 is 1.36 bits per heavy atom. The summed E-state index contributed by atoms with van der Waals surface area (Å²) in [6.45, 7) is 6.47. The van der Waals surface area contributed by atoms with E-state index in [-0.39, 0.29) is 11.3 Å². The van der Waals surface area contributed by atoms with Crippen LogP contribution >= 0.6 is 0 Å². The number of nitrogens with one attached hydrogen (secondary N) is 1. The molecule has 4 rings (SSSR count). The number of nitrogens with zero attached hydrogens (tertiary/aromatic N) is 4. The fraction of sp³-hybridized carbons (Fsp3) is 0.625. The molecule has 2 aromatic rings. The molecule has 0 saturated heterocycles. The third kappa shape index (κ3) is 3.36. The summed E-state index contributed by atoms with van der Waals surface area (Å²) in [5.41, 5.74) is 3.10. The van der Waals surface area contributed by atoms with E-state index in [1.54, 1.807) is 6.20 Å². The molecule has 8 nitrogen and oxygen atoms in total. The molecule has 3 heterocycles. The van der Waals surface area contributed by atoms with Crippen LogP contribution in [0.5, 0.6) is 0 Å². The van der Waals surface area contributed by atoms with E-state index in [4.69, 9.17) is 4.52 Å². The molecule has 1 aliphatic carbocycles. The molecule has 2 aliphatic rings. The van der Waals surface area contributed by atoms with Gasteiger partial charge in [0, 0.05) is 37.9 Å². The molecule has 1 saturated carbocycles. The second kappa shape index (κ2) is 6.22.